The van der Waals surface area contributed by atoms with Crippen molar-refractivity contribution in [2.24, 2.45) is 11.1 Å². The molecule has 0 bridgehead atoms. The topological polar surface area (TPSA) is 100 Å². The largest absolute Gasteiger partial charge is 0.374 e. The van der Waals surface area contributed by atoms with Gasteiger partial charge in [0.25, 0.3) is 15.2 Å². The summed E-state index contributed by atoms with van der Waals surface area (Å²) in [5.41, 5.74) is 0. The summed E-state index contributed by atoms with van der Waals surface area (Å²) < 4.78 is 30.6. The van der Waals surface area contributed by atoms with E-state index in [9.17, 15) is 8.42 Å². The van der Waals surface area contributed by atoms with Gasteiger partial charge in [-0.2, -0.15) is 0 Å². The minimum absolute atomic E-state index is 0.0202. The number of aromatic nitrogens is 3. The second kappa shape index (κ2) is 5.42. The molecule has 0 amide bonds. The average molecular weight is 302 g/mol. The molecule has 1 aromatic rings. The minimum atomic E-state index is -3.86. The zero-order chi connectivity index (χ0) is 15.1. The van der Waals surface area contributed by atoms with Crippen LogP contribution in [0.5, 0.6) is 0 Å². The summed E-state index contributed by atoms with van der Waals surface area (Å²) in [4.78, 5) is 0. The van der Waals surface area contributed by atoms with E-state index in [1.165, 1.54) is 0 Å². The lowest BCUT2D eigenvalue weighted by atomic mass is 9.89. The fourth-order valence-corrected chi connectivity index (χ4v) is 3.55. The molecule has 4 atom stereocenters. The van der Waals surface area contributed by atoms with Gasteiger partial charge in [-0.1, -0.05) is 13.8 Å². The lowest BCUT2D eigenvalue weighted by molar-refractivity contribution is 0.0551. The van der Waals surface area contributed by atoms with Crippen molar-refractivity contribution in [2.75, 3.05) is 0 Å². The molecule has 0 saturated carbocycles. The van der Waals surface area contributed by atoms with E-state index in [0.29, 0.717) is 12.4 Å². The summed E-state index contributed by atoms with van der Waals surface area (Å²) in [6, 6.07) is 0. The first-order chi connectivity index (χ1) is 9.27. The van der Waals surface area contributed by atoms with Gasteiger partial charge in [-0.3, -0.25) is 0 Å². The summed E-state index contributed by atoms with van der Waals surface area (Å²) in [6.45, 7) is 8.57. The third-order valence-corrected chi connectivity index (χ3v) is 4.80. The quantitative estimate of drug-likeness (QED) is 0.889. The second-order valence-electron chi connectivity index (χ2n) is 5.47. The van der Waals surface area contributed by atoms with Gasteiger partial charge < -0.3 is 9.30 Å². The van der Waals surface area contributed by atoms with Gasteiger partial charge in [0.15, 0.2) is 0 Å². The van der Waals surface area contributed by atoms with Crippen LogP contribution in [0.2, 0.25) is 0 Å². The van der Waals surface area contributed by atoms with E-state index >= 15 is 0 Å². The van der Waals surface area contributed by atoms with Crippen LogP contribution in [0.1, 0.15) is 45.9 Å². The van der Waals surface area contributed by atoms with Crippen molar-refractivity contribution in [3.05, 3.63) is 5.82 Å². The van der Waals surface area contributed by atoms with Crippen LogP contribution in [0.4, 0.5) is 0 Å². The monoisotopic (exact) mass is 302 g/mol. The Morgan fingerprint density at radius 1 is 1.25 bits per heavy atom. The zero-order valence-corrected chi connectivity index (χ0v) is 13.1. The van der Waals surface area contributed by atoms with Gasteiger partial charge in [0.05, 0.1) is 18.1 Å². The number of sulfonamides is 1. The Balaban J connectivity index is 2.50. The van der Waals surface area contributed by atoms with Gasteiger partial charge in [0.1, 0.15) is 5.82 Å². The molecule has 2 heterocycles. The molecule has 1 aliphatic rings. The number of rotatable bonds is 4. The maximum atomic E-state index is 11.6. The summed E-state index contributed by atoms with van der Waals surface area (Å²) in [7, 11) is -3.86. The third-order valence-electron chi connectivity index (χ3n) is 3.99. The van der Waals surface area contributed by atoms with E-state index in [1.807, 2.05) is 20.8 Å². The lowest BCUT2D eigenvalue weighted by Crippen LogP contribution is -2.23. The minimum Gasteiger partial charge on any atom is -0.374 e. The number of hydrogen-bond acceptors (Lipinski definition) is 5. The summed E-state index contributed by atoms with van der Waals surface area (Å²) in [5.74, 6) is 0.929. The molecule has 8 heteroatoms. The van der Waals surface area contributed by atoms with Crippen LogP contribution in [0, 0.1) is 5.92 Å². The normalized spacial score (nSPS) is 30.9. The van der Waals surface area contributed by atoms with Gasteiger partial charge in [-0.25, -0.2) is 13.6 Å². The molecule has 0 aliphatic carbocycles. The molecule has 1 aliphatic heterocycles. The highest BCUT2D eigenvalue weighted by atomic mass is 32.2. The van der Waals surface area contributed by atoms with Crippen molar-refractivity contribution in [2.45, 2.75) is 63.9 Å². The Bertz CT molecular complexity index is 584. The second-order valence-corrected chi connectivity index (χ2v) is 6.92. The van der Waals surface area contributed by atoms with Gasteiger partial charge in [-0.15, -0.1) is 10.2 Å². The van der Waals surface area contributed by atoms with Gasteiger partial charge in [-0.05, 0) is 26.2 Å². The Morgan fingerprint density at radius 2 is 1.90 bits per heavy atom. The van der Waals surface area contributed by atoms with Gasteiger partial charge in [0.2, 0.25) is 0 Å². The Labute approximate surface area is 119 Å². The van der Waals surface area contributed by atoms with Crippen LogP contribution in [0.3, 0.4) is 0 Å². The van der Waals surface area contributed by atoms with Gasteiger partial charge in [0, 0.05) is 6.54 Å². The highest BCUT2D eigenvalue weighted by Gasteiger charge is 2.41. The van der Waals surface area contributed by atoms with E-state index in [-0.39, 0.29) is 29.2 Å². The molecule has 2 N–H and O–H groups in total. The van der Waals surface area contributed by atoms with Crippen LogP contribution >= 0.6 is 0 Å². The Morgan fingerprint density at radius 3 is 2.35 bits per heavy atom. The first-order valence-electron chi connectivity index (χ1n) is 6.88. The molecule has 0 spiro atoms. The molecule has 1 fully saturated rings. The Kier molecular flexibility index (Phi) is 4.17. The van der Waals surface area contributed by atoms with Crippen LogP contribution in [-0.2, 0) is 21.3 Å². The molecule has 114 valence electrons. The molecule has 7 nitrogen and oxygen atoms in total. The zero-order valence-electron chi connectivity index (χ0n) is 12.3. The first kappa shape index (κ1) is 15.4. The van der Waals surface area contributed by atoms with Crippen molar-refractivity contribution in [1.82, 2.24) is 14.8 Å². The molecule has 0 radical (unpaired) electrons. The Hall–Kier alpha value is -0.990. The maximum absolute atomic E-state index is 11.6. The average Bonchev–Trinajstić information content (AvgIpc) is 2.82. The fraction of sp³-hybridized carbons (Fsp3) is 0.833. The summed E-state index contributed by atoms with van der Waals surface area (Å²) in [5, 5.41) is 12.9. The number of nitrogens with zero attached hydrogens (tertiary/aromatic N) is 3. The van der Waals surface area contributed by atoms with Crippen molar-refractivity contribution in [3.8, 4) is 0 Å². The molecular weight excluding hydrogens is 280 g/mol. The highest BCUT2D eigenvalue weighted by Crippen LogP contribution is 2.39. The van der Waals surface area contributed by atoms with Crippen molar-refractivity contribution >= 4 is 10.0 Å². The van der Waals surface area contributed by atoms with Crippen molar-refractivity contribution in [1.29, 1.82) is 0 Å². The highest BCUT2D eigenvalue weighted by molar-refractivity contribution is 7.89. The standard InChI is InChI=1S/C12H22N4O3S/c1-5-6-16-11(14-15-12(16)20(13,17)18)10-7(2)8(3)19-9(10)4/h7-10H,5-6H2,1-4H3,(H2,13,17,18). The maximum Gasteiger partial charge on any atom is 0.273 e. The van der Waals surface area contributed by atoms with Crippen molar-refractivity contribution in [3.63, 3.8) is 0 Å². The third kappa shape index (κ3) is 2.59. The first-order valence-corrected chi connectivity index (χ1v) is 8.43. The molecule has 1 saturated heterocycles. The molecule has 20 heavy (non-hydrogen) atoms. The van der Waals surface area contributed by atoms with E-state index in [0.717, 1.165) is 6.42 Å². The van der Waals surface area contributed by atoms with E-state index < -0.39 is 10.0 Å². The number of nitrogens with two attached hydrogens (primary N) is 1. The van der Waals surface area contributed by atoms with Crippen LogP contribution in [0.15, 0.2) is 5.16 Å². The van der Waals surface area contributed by atoms with Crippen molar-refractivity contribution < 1.29 is 13.2 Å². The summed E-state index contributed by atoms with van der Waals surface area (Å²) >= 11 is 0. The predicted octanol–water partition coefficient (Wildman–Crippen LogP) is 0.862. The molecule has 1 aromatic heterocycles. The predicted molar refractivity (Wildman–Crippen MR) is 73.6 cm³/mol. The molecule has 4 unspecified atom stereocenters. The summed E-state index contributed by atoms with van der Waals surface area (Å²) in [6.07, 6.45) is 0.868. The number of primary sulfonamides is 1. The van der Waals surface area contributed by atoms with Crippen LogP contribution in [-0.4, -0.2) is 35.4 Å². The SMILES string of the molecule is CCCn1c(C2C(C)OC(C)C2C)nnc1S(N)(=O)=O. The van der Waals surface area contributed by atoms with Gasteiger partial charge >= 0.3 is 0 Å². The van der Waals surface area contributed by atoms with E-state index in [1.54, 1.807) is 4.57 Å². The van der Waals surface area contributed by atoms with Crippen LogP contribution < -0.4 is 5.14 Å². The molecular formula is C12H22N4O3S. The number of ether oxygens (including phenoxy) is 1. The molecule has 2 rings (SSSR count). The van der Waals surface area contributed by atoms with Crippen LogP contribution in [0.25, 0.3) is 0 Å². The van der Waals surface area contributed by atoms with E-state index in [2.05, 4.69) is 17.1 Å². The molecule has 0 aromatic carbocycles. The number of hydrogen-bond donors (Lipinski definition) is 1. The lowest BCUT2D eigenvalue weighted by Gasteiger charge is -2.19. The smallest absolute Gasteiger partial charge is 0.273 e. The fourth-order valence-electron chi connectivity index (χ4n) is 2.90. The van der Waals surface area contributed by atoms with E-state index in [4.69, 9.17) is 9.88 Å².